The lowest BCUT2D eigenvalue weighted by Gasteiger charge is -2.09. The SMILES string of the molecule is CS(=O)(=O)c1ccc(Oc2ccc(NC(=O)c3cccnc3Cl)cc2)cc1. The molecule has 0 spiro atoms. The lowest BCUT2D eigenvalue weighted by molar-refractivity contribution is 0.102. The lowest BCUT2D eigenvalue weighted by atomic mass is 10.2. The Bertz CT molecular complexity index is 1070. The summed E-state index contributed by atoms with van der Waals surface area (Å²) >= 11 is 5.91. The van der Waals surface area contributed by atoms with Gasteiger partial charge in [-0.05, 0) is 60.7 Å². The van der Waals surface area contributed by atoms with Crippen LogP contribution in [0.4, 0.5) is 5.69 Å². The lowest BCUT2D eigenvalue weighted by Crippen LogP contribution is -2.12. The van der Waals surface area contributed by atoms with Crippen LogP contribution in [-0.2, 0) is 9.84 Å². The van der Waals surface area contributed by atoms with Crippen LogP contribution in [0.25, 0.3) is 0 Å². The highest BCUT2D eigenvalue weighted by Gasteiger charge is 2.11. The quantitative estimate of drug-likeness (QED) is 0.647. The number of carbonyl (C=O) groups is 1. The van der Waals surface area contributed by atoms with Crippen molar-refractivity contribution in [2.45, 2.75) is 4.90 Å². The molecule has 6 nitrogen and oxygen atoms in total. The Morgan fingerprint density at radius 2 is 1.59 bits per heavy atom. The van der Waals surface area contributed by atoms with Crippen LogP contribution < -0.4 is 10.1 Å². The van der Waals surface area contributed by atoms with Gasteiger partial charge in [0.2, 0.25) is 0 Å². The average Bonchev–Trinajstić information content (AvgIpc) is 2.63. The van der Waals surface area contributed by atoms with E-state index in [4.69, 9.17) is 16.3 Å². The summed E-state index contributed by atoms with van der Waals surface area (Å²) < 4.78 is 28.6. The first-order valence-corrected chi connectivity index (χ1v) is 10.1. The number of nitrogens with zero attached hydrogens (tertiary/aromatic N) is 1. The van der Waals surface area contributed by atoms with Crippen LogP contribution in [0.2, 0.25) is 5.15 Å². The molecule has 0 atom stereocenters. The maximum absolute atomic E-state index is 12.2. The standard InChI is InChI=1S/C19H15ClN2O4S/c1-27(24,25)16-10-8-15(9-11-16)26-14-6-4-13(5-7-14)22-19(23)17-3-2-12-21-18(17)20/h2-12H,1H3,(H,22,23). The molecule has 1 N–H and O–H groups in total. The minimum absolute atomic E-state index is 0.132. The fourth-order valence-electron chi connectivity index (χ4n) is 2.25. The van der Waals surface area contributed by atoms with Crippen molar-refractivity contribution >= 4 is 33.0 Å². The van der Waals surface area contributed by atoms with Gasteiger partial charge in [0.15, 0.2) is 9.84 Å². The Kier molecular flexibility index (Phi) is 5.43. The van der Waals surface area contributed by atoms with Crippen molar-refractivity contribution in [1.29, 1.82) is 0 Å². The van der Waals surface area contributed by atoms with E-state index in [2.05, 4.69) is 10.3 Å². The first-order chi connectivity index (χ1) is 12.8. The molecule has 0 saturated heterocycles. The van der Waals surface area contributed by atoms with Gasteiger partial charge in [-0.3, -0.25) is 4.79 Å². The summed E-state index contributed by atoms with van der Waals surface area (Å²) in [6.45, 7) is 0. The molecule has 0 aliphatic rings. The number of anilines is 1. The first-order valence-electron chi connectivity index (χ1n) is 7.83. The summed E-state index contributed by atoms with van der Waals surface area (Å²) in [4.78, 5) is 16.3. The summed E-state index contributed by atoms with van der Waals surface area (Å²) in [5.74, 6) is 0.680. The van der Waals surface area contributed by atoms with Crippen molar-refractivity contribution in [3.63, 3.8) is 0 Å². The van der Waals surface area contributed by atoms with E-state index in [0.29, 0.717) is 17.2 Å². The number of rotatable bonds is 5. The molecule has 8 heteroatoms. The van der Waals surface area contributed by atoms with Crippen LogP contribution in [0.1, 0.15) is 10.4 Å². The van der Waals surface area contributed by atoms with Crippen LogP contribution in [0.15, 0.2) is 71.8 Å². The summed E-state index contributed by atoms with van der Waals surface area (Å²) in [5, 5.41) is 2.86. The minimum atomic E-state index is -3.25. The van der Waals surface area contributed by atoms with Crippen molar-refractivity contribution in [3.05, 3.63) is 77.6 Å². The number of hydrogen-bond acceptors (Lipinski definition) is 5. The highest BCUT2D eigenvalue weighted by Crippen LogP contribution is 2.24. The third kappa shape index (κ3) is 4.84. The second-order valence-corrected chi connectivity index (χ2v) is 8.04. The van der Waals surface area contributed by atoms with Gasteiger partial charge in [0.25, 0.3) is 5.91 Å². The summed E-state index contributed by atoms with van der Waals surface area (Å²) in [6.07, 6.45) is 2.66. The molecule has 1 aromatic heterocycles. The Morgan fingerprint density at radius 3 is 2.15 bits per heavy atom. The second-order valence-electron chi connectivity index (χ2n) is 5.67. The van der Waals surface area contributed by atoms with Gasteiger partial charge in [0.1, 0.15) is 16.7 Å². The predicted octanol–water partition coefficient (Wildman–Crippen LogP) is 4.18. The number of carbonyl (C=O) groups excluding carboxylic acids is 1. The second kappa shape index (κ2) is 7.77. The van der Waals surface area contributed by atoms with Gasteiger partial charge in [-0.2, -0.15) is 0 Å². The molecule has 138 valence electrons. The van der Waals surface area contributed by atoms with E-state index in [1.165, 1.54) is 18.3 Å². The van der Waals surface area contributed by atoms with Crippen LogP contribution in [0, 0.1) is 0 Å². The van der Waals surface area contributed by atoms with Crippen LogP contribution in [0.5, 0.6) is 11.5 Å². The highest BCUT2D eigenvalue weighted by molar-refractivity contribution is 7.90. The minimum Gasteiger partial charge on any atom is -0.457 e. The molecule has 0 bridgehead atoms. The van der Waals surface area contributed by atoms with E-state index in [1.54, 1.807) is 48.5 Å². The van der Waals surface area contributed by atoms with Gasteiger partial charge in [0, 0.05) is 18.1 Å². The number of ether oxygens (including phenoxy) is 1. The Morgan fingerprint density at radius 1 is 1.00 bits per heavy atom. The molecule has 3 aromatic rings. The maximum Gasteiger partial charge on any atom is 0.258 e. The molecule has 0 unspecified atom stereocenters. The molecule has 0 saturated carbocycles. The van der Waals surface area contributed by atoms with Crippen LogP contribution in [-0.4, -0.2) is 25.6 Å². The zero-order chi connectivity index (χ0) is 19.4. The molecule has 0 radical (unpaired) electrons. The van der Waals surface area contributed by atoms with Crippen molar-refractivity contribution < 1.29 is 17.9 Å². The Labute approximate surface area is 161 Å². The van der Waals surface area contributed by atoms with Crippen molar-refractivity contribution in [1.82, 2.24) is 4.98 Å². The van der Waals surface area contributed by atoms with Crippen molar-refractivity contribution in [2.75, 3.05) is 11.6 Å². The number of amides is 1. The van der Waals surface area contributed by atoms with Gasteiger partial charge >= 0.3 is 0 Å². The molecule has 0 aliphatic carbocycles. The van der Waals surface area contributed by atoms with Crippen LogP contribution in [0.3, 0.4) is 0 Å². The number of halogens is 1. The number of nitrogens with one attached hydrogen (secondary N) is 1. The fraction of sp³-hybridized carbons (Fsp3) is 0.0526. The van der Waals surface area contributed by atoms with Gasteiger partial charge in [-0.1, -0.05) is 11.6 Å². The van der Waals surface area contributed by atoms with E-state index in [-0.39, 0.29) is 21.5 Å². The molecule has 0 aliphatic heterocycles. The zero-order valence-electron chi connectivity index (χ0n) is 14.2. The number of hydrogen-bond donors (Lipinski definition) is 1. The topological polar surface area (TPSA) is 85.4 Å². The van der Waals surface area contributed by atoms with E-state index in [1.807, 2.05) is 0 Å². The molecule has 1 amide bonds. The highest BCUT2D eigenvalue weighted by atomic mass is 35.5. The predicted molar refractivity (Wildman–Crippen MR) is 103 cm³/mol. The van der Waals surface area contributed by atoms with E-state index < -0.39 is 9.84 Å². The summed E-state index contributed by atoms with van der Waals surface area (Å²) in [7, 11) is -3.25. The molecular formula is C19H15ClN2O4S. The third-order valence-electron chi connectivity index (χ3n) is 3.60. The number of pyridine rings is 1. The molecule has 2 aromatic carbocycles. The van der Waals surface area contributed by atoms with Crippen molar-refractivity contribution in [2.24, 2.45) is 0 Å². The van der Waals surface area contributed by atoms with E-state index in [0.717, 1.165) is 6.26 Å². The summed E-state index contributed by atoms with van der Waals surface area (Å²) in [6, 6.07) is 16.1. The van der Waals surface area contributed by atoms with Crippen LogP contribution >= 0.6 is 11.6 Å². The normalized spacial score (nSPS) is 11.0. The number of benzene rings is 2. The summed E-state index contributed by atoms with van der Waals surface area (Å²) in [5.41, 5.74) is 0.852. The van der Waals surface area contributed by atoms with Gasteiger partial charge < -0.3 is 10.1 Å². The average molecular weight is 403 g/mol. The Balaban J connectivity index is 1.67. The van der Waals surface area contributed by atoms with E-state index in [9.17, 15) is 13.2 Å². The van der Waals surface area contributed by atoms with Gasteiger partial charge in [0.05, 0.1) is 10.5 Å². The van der Waals surface area contributed by atoms with E-state index >= 15 is 0 Å². The number of aromatic nitrogens is 1. The smallest absolute Gasteiger partial charge is 0.258 e. The molecular weight excluding hydrogens is 388 g/mol. The maximum atomic E-state index is 12.2. The third-order valence-corrected chi connectivity index (χ3v) is 5.03. The zero-order valence-corrected chi connectivity index (χ0v) is 15.8. The number of sulfone groups is 1. The van der Waals surface area contributed by atoms with Crippen molar-refractivity contribution in [3.8, 4) is 11.5 Å². The van der Waals surface area contributed by atoms with Gasteiger partial charge in [-0.25, -0.2) is 13.4 Å². The molecule has 0 fully saturated rings. The van der Waals surface area contributed by atoms with Gasteiger partial charge in [-0.15, -0.1) is 0 Å². The molecule has 3 rings (SSSR count). The largest absolute Gasteiger partial charge is 0.457 e. The fourth-order valence-corrected chi connectivity index (χ4v) is 3.09. The Hall–Kier alpha value is -2.90. The molecule has 27 heavy (non-hydrogen) atoms. The monoisotopic (exact) mass is 402 g/mol. The first kappa shape index (κ1) is 18.9. The molecule has 1 heterocycles.